The predicted octanol–water partition coefficient (Wildman–Crippen LogP) is 5.66. The summed E-state index contributed by atoms with van der Waals surface area (Å²) in [6, 6.07) is 5.75. The Bertz CT molecular complexity index is 1100. The molecule has 8 nitrogen and oxygen atoms in total. The van der Waals surface area contributed by atoms with Crippen molar-refractivity contribution in [1.29, 1.82) is 0 Å². The van der Waals surface area contributed by atoms with Crippen molar-refractivity contribution in [1.82, 2.24) is 5.43 Å². The lowest BCUT2D eigenvalue weighted by atomic mass is 9.45. The maximum atomic E-state index is 12.7. The molecule has 4 saturated carbocycles. The SMILES string of the molecule is CC(=O)O[C@H]1CC[C@@]2(C)[C@@H](CC[C@@H]3[C@@H]2CC[C@]2(C)/C(=N/NC(=O)c4cccc([N+](=O)[O-])c4)CC[C@@H]32)C1. The Morgan fingerprint density at radius 2 is 1.92 bits per heavy atom. The van der Waals surface area contributed by atoms with Gasteiger partial charge in [-0.1, -0.05) is 19.9 Å². The number of fused-ring (bicyclic) bond motifs is 5. The van der Waals surface area contributed by atoms with Crippen LogP contribution in [0.3, 0.4) is 0 Å². The topological polar surface area (TPSA) is 111 Å². The van der Waals surface area contributed by atoms with Crippen molar-refractivity contribution < 1.29 is 19.2 Å². The van der Waals surface area contributed by atoms with E-state index in [1.807, 2.05) is 0 Å². The zero-order valence-electron chi connectivity index (χ0n) is 21.5. The molecule has 0 saturated heterocycles. The van der Waals surface area contributed by atoms with E-state index >= 15 is 0 Å². The molecule has 0 aromatic heterocycles. The summed E-state index contributed by atoms with van der Waals surface area (Å²) >= 11 is 0. The first-order chi connectivity index (χ1) is 17.1. The number of nitro benzene ring substituents is 1. The molecule has 4 aliphatic rings. The minimum absolute atomic E-state index is 0.0186. The van der Waals surface area contributed by atoms with E-state index in [2.05, 4.69) is 24.4 Å². The normalized spacial score (nSPS) is 38.4. The van der Waals surface area contributed by atoms with Crippen LogP contribution in [0.25, 0.3) is 0 Å². The fraction of sp³-hybridized carbons (Fsp3) is 0.679. The number of nitro groups is 1. The summed E-state index contributed by atoms with van der Waals surface area (Å²) in [5.74, 6) is 1.95. The van der Waals surface area contributed by atoms with E-state index in [9.17, 15) is 19.7 Å². The molecule has 5 rings (SSSR count). The molecule has 1 N–H and O–H groups in total. The maximum Gasteiger partial charge on any atom is 0.302 e. The third-order valence-electron chi connectivity index (χ3n) is 10.3. The van der Waals surface area contributed by atoms with Gasteiger partial charge in [0.15, 0.2) is 0 Å². The van der Waals surface area contributed by atoms with Crippen LogP contribution in [-0.4, -0.2) is 28.6 Å². The van der Waals surface area contributed by atoms with Crippen molar-refractivity contribution in [3.63, 3.8) is 0 Å². The highest BCUT2D eigenvalue weighted by Gasteiger charge is 2.59. The van der Waals surface area contributed by atoms with Crippen LogP contribution in [0.4, 0.5) is 5.69 Å². The molecule has 0 heterocycles. The lowest BCUT2D eigenvalue weighted by molar-refractivity contribution is -0.384. The number of hydrazone groups is 1. The number of rotatable bonds is 4. The molecule has 0 spiro atoms. The average Bonchev–Trinajstić information content (AvgIpc) is 3.18. The Hall–Kier alpha value is -2.77. The molecule has 0 unspecified atom stereocenters. The van der Waals surface area contributed by atoms with Crippen LogP contribution < -0.4 is 5.43 Å². The first-order valence-electron chi connectivity index (χ1n) is 13.4. The van der Waals surface area contributed by atoms with E-state index in [0.717, 1.165) is 44.2 Å². The van der Waals surface area contributed by atoms with Gasteiger partial charge in [0.1, 0.15) is 6.10 Å². The number of benzene rings is 1. The van der Waals surface area contributed by atoms with Crippen LogP contribution in [0.1, 0.15) is 88.9 Å². The maximum absolute atomic E-state index is 12.7. The van der Waals surface area contributed by atoms with Crippen molar-refractivity contribution in [2.45, 2.75) is 84.7 Å². The summed E-state index contributed by atoms with van der Waals surface area (Å²) in [6.45, 7) is 6.33. The van der Waals surface area contributed by atoms with Crippen LogP contribution in [0, 0.1) is 44.6 Å². The minimum Gasteiger partial charge on any atom is -0.463 e. The van der Waals surface area contributed by atoms with Gasteiger partial charge in [-0.2, -0.15) is 5.10 Å². The number of carbonyl (C=O) groups is 2. The second kappa shape index (κ2) is 9.27. The Kier molecular flexibility index (Phi) is 6.41. The number of ether oxygens (including phenoxy) is 1. The van der Waals surface area contributed by atoms with E-state index < -0.39 is 10.8 Å². The molecule has 1 aromatic rings. The van der Waals surface area contributed by atoms with Crippen molar-refractivity contribution in [2.24, 2.45) is 39.6 Å². The van der Waals surface area contributed by atoms with Gasteiger partial charge in [0.25, 0.3) is 11.6 Å². The van der Waals surface area contributed by atoms with Crippen LogP contribution >= 0.6 is 0 Å². The zero-order valence-corrected chi connectivity index (χ0v) is 21.5. The van der Waals surface area contributed by atoms with Gasteiger partial charge in [-0.3, -0.25) is 19.7 Å². The number of hydrogen-bond acceptors (Lipinski definition) is 6. The number of nitrogens with one attached hydrogen (secondary N) is 1. The lowest BCUT2D eigenvalue weighted by Gasteiger charge is -2.60. The molecule has 1 amide bonds. The highest BCUT2D eigenvalue weighted by molar-refractivity contribution is 5.97. The second-order valence-electron chi connectivity index (χ2n) is 12.0. The van der Waals surface area contributed by atoms with Crippen LogP contribution in [0.15, 0.2) is 29.4 Å². The standard InChI is InChI=1S/C28H37N3O5/c1-17(32)36-21-11-13-27(2)19(16-21)7-8-22-23-9-10-25(28(23,3)14-12-24(22)27)29-30-26(33)18-5-4-6-20(15-18)31(34)35/h4-6,15,19,21-24H,7-14,16H2,1-3H3,(H,30,33)/b29-25+/t19-,21-,22-,23-,24-,27-,28-/m0/s1. The summed E-state index contributed by atoms with van der Waals surface area (Å²) in [7, 11) is 0. The minimum atomic E-state index is -0.498. The lowest BCUT2D eigenvalue weighted by Crippen LogP contribution is -2.54. The number of non-ortho nitro benzene ring substituents is 1. The molecule has 194 valence electrons. The van der Waals surface area contributed by atoms with Crippen molar-refractivity contribution in [3.8, 4) is 0 Å². The average molecular weight is 496 g/mol. The van der Waals surface area contributed by atoms with Gasteiger partial charge >= 0.3 is 5.97 Å². The highest BCUT2D eigenvalue weighted by atomic mass is 16.6. The number of amides is 1. The van der Waals surface area contributed by atoms with Gasteiger partial charge in [0, 0.05) is 35.7 Å². The molecule has 0 bridgehead atoms. The molecule has 4 fully saturated rings. The Balaban J connectivity index is 1.29. The van der Waals surface area contributed by atoms with Crippen LogP contribution in [0.2, 0.25) is 0 Å². The number of hydrogen-bond donors (Lipinski definition) is 1. The van der Waals surface area contributed by atoms with Crippen LogP contribution in [0.5, 0.6) is 0 Å². The summed E-state index contributed by atoms with van der Waals surface area (Å²) in [6.07, 6.45) is 9.79. The molecule has 0 radical (unpaired) electrons. The molecular weight excluding hydrogens is 458 g/mol. The molecule has 1 aromatic carbocycles. The van der Waals surface area contributed by atoms with Gasteiger partial charge < -0.3 is 4.74 Å². The number of nitrogens with zero attached hydrogens (tertiary/aromatic N) is 2. The fourth-order valence-corrected chi connectivity index (χ4v) is 8.48. The quantitative estimate of drug-likeness (QED) is 0.329. The smallest absolute Gasteiger partial charge is 0.302 e. The summed E-state index contributed by atoms with van der Waals surface area (Å²) in [4.78, 5) is 34.7. The third kappa shape index (κ3) is 4.22. The van der Waals surface area contributed by atoms with Gasteiger partial charge in [-0.05, 0) is 92.9 Å². The first-order valence-corrected chi connectivity index (χ1v) is 13.4. The molecule has 36 heavy (non-hydrogen) atoms. The van der Waals surface area contributed by atoms with E-state index in [1.165, 1.54) is 44.4 Å². The van der Waals surface area contributed by atoms with Crippen molar-refractivity contribution in [3.05, 3.63) is 39.9 Å². The van der Waals surface area contributed by atoms with Gasteiger partial charge in [0.05, 0.1) is 4.92 Å². The fourth-order valence-electron chi connectivity index (χ4n) is 8.48. The summed E-state index contributed by atoms with van der Waals surface area (Å²) in [5, 5.41) is 15.7. The largest absolute Gasteiger partial charge is 0.463 e. The zero-order chi connectivity index (χ0) is 25.7. The Morgan fingerprint density at radius 3 is 2.67 bits per heavy atom. The van der Waals surface area contributed by atoms with Crippen LogP contribution in [-0.2, 0) is 9.53 Å². The van der Waals surface area contributed by atoms with E-state index in [1.54, 1.807) is 6.07 Å². The predicted molar refractivity (Wildman–Crippen MR) is 135 cm³/mol. The highest BCUT2D eigenvalue weighted by Crippen LogP contribution is 2.65. The molecule has 7 atom stereocenters. The van der Waals surface area contributed by atoms with E-state index in [-0.39, 0.29) is 28.7 Å². The van der Waals surface area contributed by atoms with Gasteiger partial charge in [-0.15, -0.1) is 0 Å². The molecular formula is C28H37N3O5. The molecule has 4 aliphatic carbocycles. The Labute approximate surface area is 212 Å². The number of esters is 1. The second-order valence-corrected chi connectivity index (χ2v) is 12.0. The molecule has 0 aliphatic heterocycles. The number of carbonyl (C=O) groups excluding carboxylic acids is 2. The summed E-state index contributed by atoms with van der Waals surface area (Å²) < 4.78 is 5.59. The monoisotopic (exact) mass is 495 g/mol. The molecule has 8 heteroatoms. The van der Waals surface area contributed by atoms with E-state index in [0.29, 0.717) is 29.1 Å². The van der Waals surface area contributed by atoms with Crippen molar-refractivity contribution in [2.75, 3.05) is 0 Å². The summed E-state index contributed by atoms with van der Waals surface area (Å²) in [5.41, 5.74) is 4.18. The van der Waals surface area contributed by atoms with Crippen molar-refractivity contribution >= 4 is 23.3 Å². The van der Waals surface area contributed by atoms with E-state index in [4.69, 9.17) is 4.74 Å². The van der Waals surface area contributed by atoms with Gasteiger partial charge in [0.2, 0.25) is 0 Å². The third-order valence-corrected chi connectivity index (χ3v) is 10.3. The Morgan fingerprint density at radius 1 is 1.11 bits per heavy atom. The first kappa shape index (κ1) is 24.9. The van der Waals surface area contributed by atoms with Gasteiger partial charge in [-0.25, -0.2) is 5.43 Å².